The largest absolute Gasteiger partial charge is 0.496 e. The third kappa shape index (κ3) is 5.21. The van der Waals surface area contributed by atoms with Crippen LogP contribution in [0.3, 0.4) is 0 Å². The standard InChI is InChI=1S/C27H32N6O2/c1-18-13-19(10-11-24(18)35-2)14-29-25-22(26(34)31-21-8-4-3-5-9-21)15-30-27(32-25)33-16-20-7-6-12-28-23(20)17-33/h6-7,10-13,15,21H,3-5,8-9,14,16-17H2,1-2H3,(H,31,34)(H,29,30,32). The van der Waals surface area contributed by atoms with Crippen LogP contribution < -0.4 is 20.3 Å². The summed E-state index contributed by atoms with van der Waals surface area (Å²) < 4.78 is 5.38. The van der Waals surface area contributed by atoms with E-state index >= 15 is 0 Å². The summed E-state index contributed by atoms with van der Waals surface area (Å²) in [5, 5.41) is 6.60. The van der Waals surface area contributed by atoms with Crippen LogP contribution in [-0.2, 0) is 19.6 Å². The highest BCUT2D eigenvalue weighted by molar-refractivity contribution is 5.98. The second-order valence-corrected chi connectivity index (χ2v) is 9.36. The number of hydrogen-bond acceptors (Lipinski definition) is 7. The Bertz CT molecular complexity index is 1180. The van der Waals surface area contributed by atoms with E-state index in [0.717, 1.165) is 48.3 Å². The number of amides is 1. The molecule has 3 heterocycles. The molecule has 1 aromatic carbocycles. The summed E-state index contributed by atoms with van der Waals surface area (Å²) in [5.74, 6) is 1.86. The molecule has 5 rings (SSSR count). The molecule has 1 aliphatic carbocycles. The minimum absolute atomic E-state index is 0.122. The molecular formula is C27H32N6O2. The molecule has 182 valence electrons. The predicted molar refractivity (Wildman–Crippen MR) is 136 cm³/mol. The molecule has 0 bridgehead atoms. The SMILES string of the molecule is COc1ccc(CNc2nc(N3Cc4cccnc4C3)ncc2C(=O)NC2CCCCC2)cc1C. The van der Waals surface area contributed by atoms with Crippen molar-refractivity contribution in [2.45, 2.75) is 64.7 Å². The molecule has 0 atom stereocenters. The third-order valence-electron chi connectivity index (χ3n) is 6.85. The number of fused-ring (bicyclic) bond motifs is 1. The van der Waals surface area contributed by atoms with Crippen molar-refractivity contribution < 1.29 is 9.53 Å². The van der Waals surface area contributed by atoms with Crippen molar-refractivity contribution in [2.75, 3.05) is 17.3 Å². The zero-order valence-electron chi connectivity index (χ0n) is 20.4. The van der Waals surface area contributed by atoms with E-state index < -0.39 is 0 Å². The lowest BCUT2D eigenvalue weighted by atomic mass is 9.95. The van der Waals surface area contributed by atoms with Gasteiger partial charge in [-0.15, -0.1) is 0 Å². The van der Waals surface area contributed by atoms with Gasteiger partial charge >= 0.3 is 0 Å². The number of benzene rings is 1. The van der Waals surface area contributed by atoms with Crippen LogP contribution >= 0.6 is 0 Å². The number of anilines is 2. The molecule has 1 fully saturated rings. The summed E-state index contributed by atoms with van der Waals surface area (Å²) in [5.41, 5.74) is 4.84. The minimum atomic E-state index is -0.122. The van der Waals surface area contributed by atoms with Crippen LogP contribution in [0.4, 0.5) is 11.8 Å². The number of aromatic nitrogens is 3. The van der Waals surface area contributed by atoms with Gasteiger partial charge in [0, 0.05) is 31.5 Å². The maximum Gasteiger partial charge on any atom is 0.256 e. The Labute approximate surface area is 206 Å². The number of carbonyl (C=O) groups excluding carboxylic acids is 1. The summed E-state index contributed by atoms with van der Waals surface area (Å²) in [7, 11) is 1.67. The smallest absolute Gasteiger partial charge is 0.256 e. The molecule has 1 aliphatic heterocycles. The fourth-order valence-corrected chi connectivity index (χ4v) is 4.91. The summed E-state index contributed by atoms with van der Waals surface area (Å²) in [4.78, 5) is 29.2. The molecule has 0 saturated heterocycles. The van der Waals surface area contributed by atoms with Gasteiger partial charge in [-0.1, -0.05) is 37.5 Å². The van der Waals surface area contributed by atoms with Crippen molar-refractivity contribution in [1.29, 1.82) is 0 Å². The monoisotopic (exact) mass is 472 g/mol. The number of rotatable bonds is 7. The Morgan fingerprint density at radius 1 is 1.14 bits per heavy atom. The van der Waals surface area contributed by atoms with Crippen molar-refractivity contribution in [3.8, 4) is 5.75 Å². The van der Waals surface area contributed by atoms with Gasteiger partial charge in [-0.3, -0.25) is 9.78 Å². The maximum atomic E-state index is 13.2. The first-order valence-corrected chi connectivity index (χ1v) is 12.3. The van der Waals surface area contributed by atoms with Crippen LogP contribution in [0.2, 0.25) is 0 Å². The van der Waals surface area contributed by atoms with Crippen molar-refractivity contribution >= 4 is 17.7 Å². The predicted octanol–water partition coefficient (Wildman–Crippen LogP) is 4.38. The second-order valence-electron chi connectivity index (χ2n) is 9.36. The van der Waals surface area contributed by atoms with Gasteiger partial charge in [-0.25, -0.2) is 4.98 Å². The highest BCUT2D eigenvalue weighted by atomic mass is 16.5. The van der Waals surface area contributed by atoms with Gasteiger partial charge in [0.05, 0.1) is 19.3 Å². The van der Waals surface area contributed by atoms with E-state index in [2.05, 4.69) is 37.6 Å². The topological polar surface area (TPSA) is 92.3 Å². The Morgan fingerprint density at radius 3 is 2.77 bits per heavy atom. The van der Waals surface area contributed by atoms with Crippen LogP contribution in [0, 0.1) is 6.92 Å². The zero-order valence-corrected chi connectivity index (χ0v) is 20.4. The van der Waals surface area contributed by atoms with Gasteiger partial charge in [0.1, 0.15) is 17.1 Å². The lowest BCUT2D eigenvalue weighted by Crippen LogP contribution is -2.36. The van der Waals surface area contributed by atoms with Gasteiger partial charge in [-0.05, 0) is 48.6 Å². The highest BCUT2D eigenvalue weighted by Gasteiger charge is 2.25. The number of carbonyl (C=O) groups is 1. The average Bonchev–Trinajstić information content (AvgIpc) is 3.32. The third-order valence-corrected chi connectivity index (χ3v) is 6.85. The first-order chi connectivity index (χ1) is 17.1. The van der Waals surface area contributed by atoms with E-state index in [1.165, 1.54) is 12.0 Å². The van der Waals surface area contributed by atoms with Crippen LogP contribution in [0.25, 0.3) is 0 Å². The lowest BCUT2D eigenvalue weighted by molar-refractivity contribution is 0.0928. The molecule has 0 spiro atoms. The molecule has 8 heteroatoms. The molecule has 0 radical (unpaired) electrons. The first-order valence-electron chi connectivity index (χ1n) is 12.3. The van der Waals surface area contributed by atoms with Crippen molar-refractivity contribution in [3.63, 3.8) is 0 Å². The molecule has 3 aromatic rings. The fraction of sp³-hybridized carbons (Fsp3) is 0.407. The maximum absolute atomic E-state index is 13.2. The Kier molecular flexibility index (Phi) is 6.79. The first kappa shape index (κ1) is 23.1. The Hall–Kier alpha value is -3.68. The van der Waals surface area contributed by atoms with E-state index in [1.807, 2.05) is 31.3 Å². The van der Waals surface area contributed by atoms with Crippen LogP contribution in [0.1, 0.15) is 64.8 Å². The number of nitrogens with one attached hydrogen (secondary N) is 2. The Balaban J connectivity index is 1.38. The van der Waals surface area contributed by atoms with Gasteiger partial charge in [0.15, 0.2) is 0 Å². The molecule has 2 N–H and O–H groups in total. The van der Waals surface area contributed by atoms with Crippen molar-refractivity contribution in [1.82, 2.24) is 20.3 Å². The van der Waals surface area contributed by atoms with E-state index in [4.69, 9.17) is 9.72 Å². The quantitative estimate of drug-likeness (QED) is 0.527. The van der Waals surface area contributed by atoms with E-state index in [-0.39, 0.29) is 11.9 Å². The van der Waals surface area contributed by atoms with Gasteiger partial charge < -0.3 is 20.3 Å². The second kappa shape index (κ2) is 10.3. The summed E-state index contributed by atoms with van der Waals surface area (Å²) in [6, 6.07) is 10.3. The molecule has 8 nitrogen and oxygen atoms in total. The zero-order chi connectivity index (χ0) is 24.2. The molecule has 2 aromatic heterocycles. The number of nitrogens with zero attached hydrogens (tertiary/aromatic N) is 4. The molecular weight excluding hydrogens is 440 g/mol. The fourth-order valence-electron chi connectivity index (χ4n) is 4.91. The summed E-state index contributed by atoms with van der Waals surface area (Å²) >= 11 is 0. The van der Waals surface area contributed by atoms with Crippen LogP contribution in [-0.4, -0.2) is 34.0 Å². The molecule has 1 saturated carbocycles. The normalized spacial score (nSPS) is 15.5. The molecule has 35 heavy (non-hydrogen) atoms. The lowest BCUT2D eigenvalue weighted by Gasteiger charge is -2.23. The molecule has 2 aliphatic rings. The number of ether oxygens (including phenoxy) is 1. The van der Waals surface area contributed by atoms with E-state index in [9.17, 15) is 4.79 Å². The van der Waals surface area contributed by atoms with Gasteiger partial charge in [0.25, 0.3) is 5.91 Å². The summed E-state index contributed by atoms with van der Waals surface area (Å²) in [6.07, 6.45) is 9.07. The van der Waals surface area contributed by atoms with Crippen LogP contribution in [0.5, 0.6) is 5.75 Å². The van der Waals surface area contributed by atoms with Crippen molar-refractivity contribution in [2.24, 2.45) is 0 Å². The van der Waals surface area contributed by atoms with E-state index in [0.29, 0.717) is 37.0 Å². The molecule has 1 amide bonds. The van der Waals surface area contributed by atoms with Crippen molar-refractivity contribution in [3.05, 3.63) is 70.7 Å². The van der Waals surface area contributed by atoms with Crippen LogP contribution in [0.15, 0.2) is 42.7 Å². The number of methoxy groups -OCH3 is 1. The Morgan fingerprint density at radius 2 is 2.00 bits per heavy atom. The number of pyridine rings is 1. The highest BCUT2D eigenvalue weighted by Crippen LogP contribution is 2.27. The minimum Gasteiger partial charge on any atom is -0.496 e. The molecule has 0 unspecified atom stereocenters. The summed E-state index contributed by atoms with van der Waals surface area (Å²) in [6.45, 7) is 3.91. The van der Waals surface area contributed by atoms with Gasteiger partial charge in [0.2, 0.25) is 5.95 Å². The van der Waals surface area contributed by atoms with E-state index in [1.54, 1.807) is 13.3 Å². The number of aryl methyl sites for hydroxylation is 1. The number of hydrogen-bond donors (Lipinski definition) is 2. The average molecular weight is 473 g/mol. The van der Waals surface area contributed by atoms with Gasteiger partial charge in [-0.2, -0.15) is 4.98 Å².